The van der Waals surface area contributed by atoms with Gasteiger partial charge in [0.1, 0.15) is 6.10 Å². The smallest absolute Gasteiger partial charge is 0.309 e. The minimum atomic E-state index is -0.401. The van der Waals surface area contributed by atoms with E-state index < -0.39 is 6.10 Å². The number of ether oxygens (including phenoxy) is 4. The number of esters is 2. The van der Waals surface area contributed by atoms with Crippen molar-refractivity contribution in [3.63, 3.8) is 0 Å². The monoisotopic (exact) mass is 526 g/mol. The Morgan fingerprint density at radius 3 is 2.47 bits per heavy atom. The third-order valence-electron chi connectivity index (χ3n) is 7.49. The van der Waals surface area contributed by atoms with E-state index in [1.165, 1.54) is 13.5 Å². The Morgan fingerprint density at radius 2 is 1.71 bits per heavy atom. The average molecular weight is 527 g/mol. The van der Waals surface area contributed by atoms with Gasteiger partial charge in [-0.1, -0.05) is 68.0 Å². The number of carbonyl (C=O) groups excluding carboxylic acids is 2. The summed E-state index contributed by atoms with van der Waals surface area (Å²) in [5.74, 6) is -0.148. The van der Waals surface area contributed by atoms with E-state index in [-0.39, 0.29) is 55.1 Å². The zero-order valence-corrected chi connectivity index (χ0v) is 23.6. The number of hydrogen-bond acceptors (Lipinski definition) is 6. The summed E-state index contributed by atoms with van der Waals surface area (Å²) in [6.07, 6.45) is 20.9. The largest absolute Gasteiger partial charge is 0.469 e. The highest BCUT2D eigenvalue weighted by Gasteiger charge is 2.32. The number of hydrogen-bond donors (Lipinski definition) is 0. The van der Waals surface area contributed by atoms with E-state index in [1.807, 2.05) is 37.3 Å². The second-order valence-corrected chi connectivity index (χ2v) is 11.2. The topological polar surface area (TPSA) is 71.1 Å². The molecule has 0 amide bonds. The van der Waals surface area contributed by atoms with Crippen LogP contribution in [-0.2, 0) is 28.5 Å². The Balaban J connectivity index is 1.73. The van der Waals surface area contributed by atoms with E-state index >= 15 is 0 Å². The Bertz CT molecular complexity index is 928. The van der Waals surface area contributed by atoms with Crippen LogP contribution >= 0.6 is 0 Å². The number of methoxy groups -OCH3 is 1. The predicted molar refractivity (Wildman–Crippen MR) is 149 cm³/mol. The van der Waals surface area contributed by atoms with Crippen molar-refractivity contribution in [1.82, 2.24) is 0 Å². The predicted octanol–water partition coefficient (Wildman–Crippen LogP) is 6.57. The number of rotatable bonds is 5. The maximum absolute atomic E-state index is 13.0. The van der Waals surface area contributed by atoms with Gasteiger partial charge in [0, 0.05) is 12.3 Å². The maximum Gasteiger partial charge on any atom is 0.309 e. The van der Waals surface area contributed by atoms with E-state index in [9.17, 15) is 9.59 Å². The van der Waals surface area contributed by atoms with Crippen LogP contribution < -0.4 is 0 Å². The Kier molecular flexibility index (Phi) is 12.1. The highest BCUT2D eigenvalue weighted by atomic mass is 16.6. The van der Waals surface area contributed by atoms with Crippen molar-refractivity contribution in [2.24, 2.45) is 11.8 Å². The normalized spacial score (nSPS) is 34.7. The summed E-state index contributed by atoms with van der Waals surface area (Å²) in [6.45, 7) is 10.4. The summed E-state index contributed by atoms with van der Waals surface area (Å²) in [7, 11) is 1.38. The minimum absolute atomic E-state index is 0.00516. The van der Waals surface area contributed by atoms with Crippen LogP contribution in [0.3, 0.4) is 0 Å². The number of allylic oxidation sites excluding steroid dienone is 5. The molecular formula is C32H46O6. The molecule has 0 radical (unpaired) electrons. The van der Waals surface area contributed by atoms with Gasteiger partial charge >= 0.3 is 11.9 Å². The summed E-state index contributed by atoms with van der Waals surface area (Å²) in [4.78, 5) is 24.4. The lowest BCUT2D eigenvalue weighted by molar-refractivity contribution is -0.154. The molecule has 6 nitrogen and oxygen atoms in total. The SMILES string of the molecule is C=C1C[C@@H]2C[C@@H]3CCC[C@H](C[C@@H](C)/C=C/[C@H](C)[C@H](/C=C/C=C\C=C(/C)CC(=O)OC)OC(=O)C[C@H](C1)O2)O3. The highest BCUT2D eigenvalue weighted by Crippen LogP contribution is 2.33. The molecule has 3 heterocycles. The summed E-state index contributed by atoms with van der Waals surface area (Å²) in [5.41, 5.74) is 2.04. The lowest BCUT2D eigenvalue weighted by atomic mass is 9.90. The van der Waals surface area contributed by atoms with E-state index in [2.05, 4.69) is 32.6 Å². The van der Waals surface area contributed by atoms with E-state index in [0.717, 1.165) is 43.3 Å². The fourth-order valence-electron chi connectivity index (χ4n) is 5.47. The zero-order chi connectivity index (χ0) is 27.5. The zero-order valence-electron chi connectivity index (χ0n) is 23.6. The average Bonchev–Trinajstić information content (AvgIpc) is 2.85. The van der Waals surface area contributed by atoms with E-state index in [0.29, 0.717) is 12.3 Å². The van der Waals surface area contributed by atoms with Gasteiger partial charge in [0.25, 0.3) is 0 Å². The van der Waals surface area contributed by atoms with Crippen molar-refractivity contribution in [2.75, 3.05) is 7.11 Å². The van der Waals surface area contributed by atoms with Gasteiger partial charge in [-0.05, 0) is 57.4 Å². The van der Waals surface area contributed by atoms with E-state index in [1.54, 1.807) is 0 Å². The molecule has 0 unspecified atom stereocenters. The Hall–Kier alpha value is -2.44. The molecule has 38 heavy (non-hydrogen) atoms. The lowest BCUT2D eigenvalue weighted by Gasteiger charge is -2.37. The molecule has 2 fully saturated rings. The molecule has 3 aliphatic rings. The van der Waals surface area contributed by atoms with Gasteiger partial charge in [-0.15, -0.1) is 0 Å². The first-order valence-corrected chi connectivity index (χ1v) is 14.1. The van der Waals surface area contributed by atoms with E-state index in [4.69, 9.17) is 18.9 Å². The molecule has 3 aliphatic heterocycles. The fraction of sp³-hybridized carbons (Fsp3) is 0.625. The standard InChI is InChI=1S/C32H46O6/c1-22(19-31(33)35-5)10-7-6-8-13-30-25(4)15-14-23(2)16-26-11-9-12-27(36-26)20-28-17-24(3)18-29(37-28)21-32(34)38-30/h6-8,10,13-15,23,25-30H,3,9,11-12,16-21H2,1-2,4-5H3/b7-6-,13-8+,15-14+,22-10+/t23-,25-,26+,27-,28+,29-,30-/m0/s1. The van der Waals surface area contributed by atoms with Crippen LogP contribution in [0.4, 0.5) is 0 Å². The first-order chi connectivity index (χ1) is 18.2. The van der Waals surface area contributed by atoms with Crippen molar-refractivity contribution in [2.45, 2.75) is 109 Å². The van der Waals surface area contributed by atoms with Crippen LogP contribution in [0, 0.1) is 11.8 Å². The van der Waals surface area contributed by atoms with Crippen molar-refractivity contribution in [3.8, 4) is 0 Å². The fourth-order valence-corrected chi connectivity index (χ4v) is 5.47. The molecule has 0 N–H and O–H groups in total. The minimum Gasteiger partial charge on any atom is -0.469 e. The molecule has 0 aromatic carbocycles. The van der Waals surface area contributed by atoms with Crippen LogP contribution in [0.5, 0.6) is 0 Å². The third kappa shape index (κ3) is 10.4. The summed E-state index contributed by atoms with van der Waals surface area (Å²) in [6, 6.07) is 0. The molecule has 6 heteroatoms. The number of carbonyl (C=O) groups is 2. The van der Waals surface area contributed by atoms with Gasteiger partial charge in [-0.25, -0.2) is 0 Å². The second-order valence-electron chi connectivity index (χ2n) is 11.2. The Labute approximate surface area is 228 Å². The first kappa shape index (κ1) is 30.1. The van der Waals surface area contributed by atoms with Gasteiger partial charge in [-0.2, -0.15) is 0 Å². The molecule has 0 aliphatic carbocycles. The van der Waals surface area contributed by atoms with Gasteiger partial charge in [0.15, 0.2) is 0 Å². The first-order valence-electron chi connectivity index (χ1n) is 14.1. The Morgan fingerprint density at radius 1 is 1.00 bits per heavy atom. The summed E-state index contributed by atoms with van der Waals surface area (Å²) < 4.78 is 23.5. The third-order valence-corrected chi connectivity index (χ3v) is 7.49. The molecule has 4 bridgehead atoms. The summed E-state index contributed by atoms with van der Waals surface area (Å²) >= 11 is 0. The summed E-state index contributed by atoms with van der Waals surface area (Å²) in [5, 5.41) is 0. The van der Waals surface area contributed by atoms with Gasteiger partial charge in [-0.3, -0.25) is 9.59 Å². The van der Waals surface area contributed by atoms with Gasteiger partial charge in [0.05, 0.1) is 44.4 Å². The quantitative estimate of drug-likeness (QED) is 0.229. The van der Waals surface area contributed by atoms with Crippen molar-refractivity contribution < 1.29 is 28.5 Å². The van der Waals surface area contributed by atoms with Gasteiger partial charge < -0.3 is 18.9 Å². The molecule has 0 aromatic rings. The van der Waals surface area contributed by atoms with Crippen molar-refractivity contribution >= 4 is 11.9 Å². The molecule has 2 saturated heterocycles. The molecule has 3 rings (SSSR count). The molecule has 0 aromatic heterocycles. The molecule has 210 valence electrons. The van der Waals surface area contributed by atoms with Crippen LogP contribution in [0.2, 0.25) is 0 Å². The van der Waals surface area contributed by atoms with Crippen LogP contribution in [0.25, 0.3) is 0 Å². The molecule has 0 spiro atoms. The molecule has 7 atom stereocenters. The number of cyclic esters (lactones) is 1. The number of fused-ring (bicyclic) bond motifs is 4. The van der Waals surface area contributed by atoms with Crippen LogP contribution in [0.15, 0.2) is 60.3 Å². The second kappa shape index (κ2) is 15.2. The van der Waals surface area contributed by atoms with Crippen molar-refractivity contribution in [1.29, 1.82) is 0 Å². The van der Waals surface area contributed by atoms with Crippen LogP contribution in [0.1, 0.15) is 78.6 Å². The van der Waals surface area contributed by atoms with Crippen LogP contribution in [-0.4, -0.2) is 49.6 Å². The highest BCUT2D eigenvalue weighted by molar-refractivity contribution is 5.72. The molecular weight excluding hydrogens is 480 g/mol. The molecule has 0 saturated carbocycles. The van der Waals surface area contributed by atoms with Crippen molar-refractivity contribution in [3.05, 3.63) is 60.3 Å². The maximum atomic E-state index is 13.0. The van der Waals surface area contributed by atoms with Gasteiger partial charge in [0.2, 0.25) is 0 Å². The lowest BCUT2D eigenvalue weighted by Crippen LogP contribution is -2.37.